The van der Waals surface area contributed by atoms with Gasteiger partial charge in [-0.2, -0.15) is 0 Å². The smallest absolute Gasteiger partial charge is 0.267 e. The van der Waals surface area contributed by atoms with Crippen molar-refractivity contribution < 1.29 is 0 Å². The lowest BCUT2D eigenvalue weighted by Gasteiger charge is -2.34. The number of fused-ring (bicyclic) bond motifs is 1. The van der Waals surface area contributed by atoms with Crippen LogP contribution in [0.25, 0.3) is 27.4 Å². The Kier molecular flexibility index (Phi) is 5.92. The Morgan fingerprint density at radius 2 is 1.94 bits per heavy atom. The lowest BCUT2D eigenvalue weighted by Crippen LogP contribution is -2.47. The highest BCUT2D eigenvalue weighted by molar-refractivity contribution is 7.13. The van der Waals surface area contributed by atoms with Crippen molar-refractivity contribution in [3.8, 4) is 16.5 Å². The first-order chi connectivity index (χ1) is 15.9. The van der Waals surface area contributed by atoms with Gasteiger partial charge in [0.2, 0.25) is 0 Å². The third-order valence-corrected chi connectivity index (χ3v) is 7.01. The summed E-state index contributed by atoms with van der Waals surface area (Å²) in [7, 11) is 2.03. The molecular weight excluding hydrogens is 479 g/mol. The molecule has 1 aliphatic rings. The third kappa shape index (κ3) is 4.39. The lowest BCUT2D eigenvalue weighted by molar-refractivity contribution is 0.258. The summed E-state index contributed by atoms with van der Waals surface area (Å²) in [5.74, 6) is 1.55. The van der Waals surface area contributed by atoms with Crippen LogP contribution in [0.2, 0.25) is 10.0 Å². The summed E-state index contributed by atoms with van der Waals surface area (Å²) in [5.41, 5.74) is 1.40. The fourth-order valence-corrected chi connectivity index (χ4v) is 5.03. The minimum absolute atomic E-state index is 0.247. The van der Waals surface area contributed by atoms with Crippen LogP contribution in [0.5, 0.6) is 0 Å². The second kappa shape index (κ2) is 8.87. The lowest BCUT2D eigenvalue weighted by atomic mass is 10.2. The van der Waals surface area contributed by atoms with Gasteiger partial charge in [0.15, 0.2) is 5.82 Å². The highest BCUT2D eigenvalue weighted by atomic mass is 35.5. The molecule has 5 rings (SSSR count). The Labute approximate surface area is 204 Å². The molecule has 0 amide bonds. The first kappa shape index (κ1) is 22.0. The highest BCUT2D eigenvalue weighted by Crippen LogP contribution is 2.29. The highest BCUT2D eigenvalue weighted by Gasteiger charge is 2.21. The first-order valence-electron chi connectivity index (χ1n) is 10.3. The predicted molar refractivity (Wildman–Crippen MR) is 134 cm³/mol. The fourth-order valence-electron chi connectivity index (χ4n) is 3.87. The molecular formula is C23H20Cl2N6OS. The molecule has 0 unspecified atom stereocenters. The van der Waals surface area contributed by atoms with Crippen LogP contribution in [0.4, 0.5) is 0 Å². The molecule has 0 saturated carbocycles. The molecule has 3 aromatic heterocycles. The fraction of sp³-hybridized carbons (Fsp3) is 0.217. The largest absolute Gasteiger partial charge is 0.354 e. The van der Waals surface area contributed by atoms with Crippen molar-refractivity contribution >= 4 is 51.3 Å². The number of piperazine rings is 1. The summed E-state index contributed by atoms with van der Waals surface area (Å²) in [4.78, 5) is 27.7. The van der Waals surface area contributed by atoms with E-state index in [2.05, 4.69) is 20.2 Å². The molecule has 1 aliphatic heterocycles. The normalized spacial score (nSPS) is 14.9. The summed E-state index contributed by atoms with van der Waals surface area (Å²) < 4.78 is 1.50. The Hall–Kier alpha value is -2.78. The van der Waals surface area contributed by atoms with Crippen LogP contribution in [-0.2, 0) is 6.54 Å². The van der Waals surface area contributed by atoms with Gasteiger partial charge < -0.3 is 4.90 Å². The van der Waals surface area contributed by atoms with Gasteiger partial charge in [0.1, 0.15) is 11.7 Å². The Morgan fingerprint density at radius 3 is 2.70 bits per heavy atom. The monoisotopic (exact) mass is 498 g/mol. The maximum absolute atomic E-state index is 13.5. The standard InChI is InChI=1S/C23H20Cl2N6OS/c1-29-6-7-30(20(26)12-29)11-14-8-19(33-13-14)22-28-18-4-2-15(24)9-17(18)23(32)31(22)21-5-3-16(25)10-27-21/h2-5,8-10,13,26H,6-7,11-12H2,1H3. The predicted octanol–water partition coefficient (Wildman–Crippen LogP) is 4.54. The minimum Gasteiger partial charge on any atom is -0.354 e. The van der Waals surface area contributed by atoms with E-state index in [0.717, 1.165) is 23.5 Å². The number of nitrogens with one attached hydrogen (secondary N) is 1. The number of hydrogen-bond donors (Lipinski definition) is 1. The van der Waals surface area contributed by atoms with Crippen molar-refractivity contribution in [3.05, 3.63) is 73.9 Å². The first-order valence-corrected chi connectivity index (χ1v) is 12.0. The third-order valence-electron chi connectivity index (χ3n) is 5.57. The van der Waals surface area contributed by atoms with E-state index < -0.39 is 0 Å². The molecule has 1 saturated heterocycles. The second-order valence-corrected chi connectivity index (χ2v) is 9.78. The van der Waals surface area contributed by atoms with E-state index in [-0.39, 0.29) is 5.56 Å². The van der Waals surface area contributed by atoms with Crippen LogP contribution in [0.3, 0.4) is 0 Å². The Morgan fingerprint density at radius 1 is 1.12 bits per heavy atom. The average molecular weight is 499 g/mol. The number of nitrogens with zero attached hydrogens (tertiary/aromatic N) is 5. The Bertz CT molecular complexity index is 1410. The van der Waals surface area contributed by atoms with Crippen LogP contribution < -0.4 is 5.56 Å². The number of hydrogen-bond acceptors (Lipinski definition) is 6. The van der Waals surface area contributed by atoms with Gasteiger partial charge >= 0.3 is 0 Å². The van der Waals surface area contributed by atoms with E-state index in [1.165, 1.54) is 22.1 Å². The number of benzene rings is 1. The average Bonchev–Trinajstić information content (AvgIpc) is 3.25. The van der Waals surface area contributed by atoms with Crippen molar-refractivity contribution in [1.29, 1.82) is 5.41 Å². The number of likely N-dealkylation sites (N-methyl/N-ethyl adjacent to an activating group) is 1. The molecule has 0 bridgehead atoms. The molecule has 10 heteroatoms. The van der Waals surface area contributed by atoms with E-state index in [1.54, 1.807) is 30.3 Å². The minimum atomic E-state index is -0.247. The number of aromatic nitrogens is 3. The Balaban J connectivity index is 1.60. The van der Waals surface area contributed by atoms with Gasteiger partial charge in [-0.25, -0.2) is 14.5 Å². The second-order valence-electron chi connectivity index (χ2n) is 8.00. The molecule has 4 heterocycles. The van der Waals surface area contributed by atoms with Crippen LogP contribution in [0, 0.1) is 5.41 Å². The summed E-state index contributed by atoms with van der Waals surface area (Å²) in [6.07, 6.45) is 1.51. The summed E-state index contributed by atoms with van der Waals surface area (Å²) in [6, 6.07) is 10.5. The topological polar surface area (TPSA) is 78.1 Å². The van der Waals surface area contributed by atoms with Gasteiger partial charge in [-0.1, -0.05) is 23.2 Å². The molecule has 1 fully saturated rings. The van der Waals surface area contributed by atoms with E-state index in [0.29, 0.717) is 51.5 Å². The number of amidine groups is 1. The van der Waals surface area contributed by atoms with E-state index in [9.17, 15) is 4.79 Å². The number of thiophene rings is 1. The molecule has 0 radical (unpaired) electrons. The summed E-state index contributed by atoms with van der Waals surface area (Å²) in [6.45, 7) is 3.04. The molecule has 1 N–H and O–H groups in total. The van der Waals surface area contributed by atoms with E-state index >= 15 is 0 Å². The van der Waals surface area contributed by atoms with Crippen molar-refractivity contribution in [1.82, 2.24) is 24.3 Å². The number of pyridine rings is 1. The van der Waals surface area contributed by atoms with Crippen LogP contribution in [0.1, 0.15) is 5.56 Å². The zero-order valence-corrected chi connectivity index (χ0v) is 20.1. The summed E-state index contributed by atoms with van der Waals surface area (Å²) >= 11 is 13.7. The molecule has 33 heavy (non-hydrogen) atoms. The zero-order valence-electron chi connectivity index (χ0n) is 17.8. The van der Waals surface area contributed by atoms with E-state index in [1.807, 2.05) is 13.1 Å². The van der Waals surface area contributed by atoms with Gasteiger partial charge in [-0.05, 0) is 54.4 Å². The molecule has 4 aromatic rings. The molecule has 0 spiro atoms. The van der Waals surface area contributed by atoms with Gasteiger partial charge in [-0.15, -0.1) is 11.3 Å². The van der Waals surface area contributed by atoms with Crippen LogP contribution in [0.15, 0.2) is 52.8 Å². The van der Waals surface area contributed by atoms with Crippen molar-refractivity contribution in [2.45, 2.75) is 6.54 Å². The van der Waals surface area contributed by atoms with Gasteiger partial charge in [-0.3, -0.25) is 15.1 Å². The van der Waals surface area contributed by atoms with E-state index in [4.69, 9.17) is 33.6 Å². The molecule has 7 nitrogen and oxygen atoms in total. The molecule has 1 aromatic carbocycles. The van der Waals surface area contributed by atoms with Crippen molar-refractivity contribution in [2.75, 3.05) is 26.7 Å². The van der Waals surface area contributed by atoms with Gasteiger partial charge in [0.05, 0.1) is 27.3 Å². The maximum atomic E-state index is 13.5. The zero-order chi connectivity index (χ0) is 23.1. The number of halogens is 2. The van der Waals surface area contributed by atoms with Gasteiger partial charge in [0, 0.05) is 30.9 Å². The summed E-state index contributed by atoms with van der Waals surface area (Å²) in [5, 5.41) is 11.7. The maximum Gasteiger partial charge on any atom is 0.267 e. The van der Waals surface area contributed by atoms with Crippen molar-refractivity contribution in [2.24, 2.45) is 0 Å². The molecule has 0 atom stereocenters. The molecule has 0 aliphatic carbocycles. The van der Waals surface area contributed by atoms with Crippen LogP contribution >= 0.6 is 34.5 Å². The van der Waals surface area contributed by atoms with Crippen molar-refractivity contribution in [3.63, 3.8) is 0 Å². The SMILES string of the molecule is CN1CCN(Cc2csc(-c3nc4ccc(Cl)cc4c(=O)n3-c3ccc(Cl)cn3)c2)C(=N)C1. The molecule has 168 valence electrons. The van der Waals surface area contributed by atoms with Gasteiger partial charge in [0.25, 0.3) is 5.56 Å². The quantitative estimate of drug-likeness (QED) is 0.446. The number of rotatable bonds is 4. The van der Waals surface area contributed by atoms with Crippen LogP contribution in [-0.4, -0.2) is 56.9 Å².